The van der Waals surface area contributed by atoms with E-state index in [2.05, 4.69) is 6.92 Å². The van der Waals surface area contributed by atoms with E-state index in [1.807, 2.05) is 37.3 Å². The molecule has 0 aliphatic heterocycles. The van der Waals surface area contributed by atoms with Gasteiger partial charge in [0.05, 0.1) is 18.6 Å². The Labute approximate surface area is 122 Å². The monoisotopic (exact) mass is 278 g/mol. The SMILES string of the molecule is CCCCCCOC(=O)C(CC)C(O)c1ccccc1. The van der Waals surface area contributed by atoms with Crippen LogP contribution >= 0.6 is 0 Å². The van der Waals surface area contributed by atoms with Crippen LogP contribution in [0.2, 0.25) is 0 Å². The molecule has 0 aliphatic carbocycles. The topological polar surface area (TPSA) is 46.5 Å². The minimum Gasteiger partial charge on any atom is -0.465 e. The molecule has 2 atom stereocenters. The zero-order valence-corrected chi connectivity index (χ0v) is 12.5. The van der Waals surface area contributed by atoms with Crippen molar-refractivity contribution in [1.29, 1.82) is 0 Å². The van der Waals surface area contributed by atoms with Gasteiger partial charge in [-0.1, -0.05) is 63.4 Å². The van der Waals surface area contributed by atoms with E-state index in [4.69, 9.17) is 4.74 Å². The fourth-order valence-electron chi connectivity index (χ4n) is 2.21. The summed E-state index contributed by atoms with van der Waals surface area (Å²) in [5.41, 5.74) is 0.766. The van der Waals surface area contributed by atoms with Gasteiger partial charge < -0.3 is 9.84 Å². The molecule has 0 saturated heterocycles. The molecule has 0 saturated carbocycles. The third-order valence-corrected chi connectivity index (χ3v) is 3.51. The Morgan fingerprint density at radius 3 is 2.45 bits per heavy atom. The molecular weight excluding hydrogens is 252 g/mol. The van der Waals surface area contributed by atoms with Gasteiger partial charge in [-0.2, -0.15) is 0 Å². The van der Waals surface area contributed by atoms with Crippen molar-refractivity contribution in [3.63, 3.8) is 0 Å². The molecule has 0 aromatic heterocycles. The van der Waals surface area contributed by atoms with E-state index in [-0.39, 0.29) is 5.97 Å². The largest absolute Gasteiger partial charge is 0.465 e. The minimum absolute atomic E-state index is 0.291. The first-order chi connectivity index (χ1) is 9.70. The molecular formula is C17H26O3. The molecule has 3 nitrogen and oxygen atoms in total. The summed E-state index contributed by atoms with van der Waals surface area (Å²) in [7, 11) is 0. The highest BCUT2D eigenvalue weighted by Crippen LogP contribution is 2.25. The molecule has 1 aromatic carbocycles. The standard InChI is InChI=1S/C17H26O3/c1-3-5-6-10-13-20-17(19)15(4-2)16(18)14-11-8-7-9-12-14/h7-9,11-12,15-16,18H,3-6,10,13H2,1-2H3. The summed E-state index contributed by atoms with van der Waals surface area (Å²) in [6.07, 6.45) is 4.10. The van der Waals surface area contributed by atoms with Gasteiger partial charge in [0.2, 0.25) is 0 Å². The van der Waals surface area contributed by atoms with Gasteiger partial charge in [-0.25, -0.2) is 0 Å². The van der Waals surface area contributed by atoms with Crippen molar-refractivity contribution in [3.8, 4) is 0 Å². The minimum atomic E-state index is -0.788. The lowest BCUT2D eigenvalue weighted by molar-refractivity contribution is -0.153. The van der Waals surface area contributed by atoms with Crippen LogP contribution in [-0.2, 0) is 9.53 Å². The van der Waals surface area contributed by atoms with Crippen LogP contribution in [0.15, 0.2) is 30.3 Å². The number of unbranched alkanes of at least 4 members (excludes halogenated alkanes) is 3. The Kier molecular flexibility index (Phi) is 7.97. The number of aliphatic hydroxyl groups excluding tert-OH is 1. The zero-order chi connectivity index (χ0) is 14.8. The van der Waals surface area contributed by atoms with Crippen molar-refractivity contribution < 1.29 is 14.6 Å². The van der Waals surface area contributed by atoms with E-state index in [9.17, 15) is 9.90 Å². The van der Waals surface area contributed by atoms with Gasteiger partial charge in [0, 0.05) is 0 Å². The third-order valence-electron chi connectivity index (χ3n) is 3.51. The van der Waals surface area contributed by atoms with Gasteiger partial charge in [0.25, 0.3) is 0 Å². The molecule has 1 N–H and O–H groups in total. The fourth-order valence-corrected chi connectivity index (χ4v) is 2.21. The van der Waals surface area contributed by atoms with E-state index < -0.39 is 12.0 Å². The molecule has 112 valence electrons. The second-order valence-electron chi connectivity index (χ2n) is 5.10. The summed E-state index contributed by atoms with van der Waals surface area (Å²) in [5, 5.41) is 10.3. The third kappa shape index (κ3) is 5.33. The Balaban J connectivity index is 2.46. The van der Waals surface area contributed by atoms with Crippen LogP contribution in [0, 0.1) is 5.92 Å². The molecule has 0 amide bonds. The molecule has 0 radical (unpaired) electrons. The number of hydrogen-bond donors (Lipinski definition) is 1. The van der Waals surface area contributed by atoms with Crippen LogP contribution in [0.4, 0.5) is 0 Å². The summed E-state index contributed by atoms with van der Waals surface area (Å²) in [5.74, 6) is -0.774. The molecule has 0 bridgehead atoms. The van der Waals surface area contributed by atoms with Crippen molar-refractivity contribution in [1.82, 2.24) is 0 Å². The molecule has 3 heteroatoms. The van der Waals surface area contributed by atoms with E-state index >= 15 is 0 Å². The molecule has 0 spiro atoms. The molecule has 0 aliphatic rings. The van der Waals surface area contributed by atoms with Crippen molar-refractivity contribution in [2.24, 2.45) is 5.92 Å². The fraction of sp³-hybridized carbons (Fsp3) is 0.588. The number of carbonyl (C=O) groups excluding carboxylic acids is 1. The number of esters is 1. The summed E-state index contributed by atoms with van der Waals surface area (Å²) >= 11 is 0. The first-order valence-corrected chi connectivity index (χ1v) is 7.60. The van der Waals surface area contributed by atoms with Crippen LogP contribution in [-0.4, -0.2) is 17.7 Å². The van der Waals surface area contributed by atoms with Gasteiger partial charge >= 0.3 is 5.97 Å². The van der Waals surface area contributed by atoms with E-state index in [1.165, 1.54) is 6.42 Å². The van der Waals surface area contributed by atoms with Crippen molar-refractivity contribution >= 4 is 5.97 Å². The lowest BCUT2D eigenvalue weighted by Crippen LogP contribution is -2.24. The second-order valence-corrected chi connectivity index (χ2v) is 5.10. The number of carbonyl (C=O) groups is 1. The summed E-state index contributed by atoms with van der Waals surface area (Å²) in [6, 6.07) is 9.29. The maximum absolute atomic E-state index is 12.0. The Morgan fingerprint density at radius 2 is 1.85 bits per heavy atom. The normalized spacial score (nSPS) is 13.8. The first kappa shape index (κ1) is 16.7. The molecule has 1 rings (SSSR count). The Morgan fingerprint density at radius 1 is 1.15 bits per heavy atom. The van der Waals surface area contributed by atoms with Crippen LogP contribution in [0.25, 0.3) is 0 Å². The Hall–Kier alpha value is -1.35. The Bertz CT molecular complexity index is 375. The lowest BCUT2D eigenvalue weighted by atomic mass is 9.93. The maximum Gasteiger partial charge on any atom is 0.311 e. The molecule has 2 unspecified atom stereocenters. The molecule has 0 heterocycles. The van der Waals surface area contributed by atoms with Crippen molar-refractivity contribution in [2.75, 3.05) is 6.61 Å². The van der Waals surface area contributed by atoms with E-state index in [1.54, 1.807) is 0 Å². The number of rotatable bonds is 9. The van der Waals surface area contributed by atoms with E-state index in [0.29, 0.717) is 13.0 Å². The summed E-state index contributed by atoms with van der Waals surface area (Å²) in [6.45, 7) is 4.50. The average Bonchev–Trinajstić information content (AvgIpc) is 2.48. The molecule has 20 heavy (non-hydrogen) atoms. The van der Waals surface area contributed by atoms with Gasteiger partial charge in [-0.05, 0) is 18.4 Å². The van der Waals surface area contributed by atoms with Gasteiger partial charge in [-0.3, -0.25) is 4.79 Å². The highest BCUT2D eigenvalue weighted by molar-refractivity contribution is 5.73. The second kappa shape index (κ2) is 9.54. The lowest BCUT2D eigenvalue weighted by Gasteiger charge is -2.20. The predicted molar refractivity (Wildman–Crippen MR) is 80.3 cm³/mol. The van der Waals surface area contributed by atoms with Gasteiger partial charge in [0.1, 0.15) is 0 Å². The predicted octanol–water partition coefficient (Wildman–Crippen LogP) is 3.87. The van der Waals surface area contributed by atoms with Crippen molar-refractivity contribution in [2.45, 2.75) is 52.1 Å². The zero-order valence-electron chi connectivity index (χ0n) is 12.5. The van der Waals surface area contributed by atoms with Crippen LogP contribution in [0.3, 0.4) is 0 Å². The van der Waals surface area contributed by atoms with Crippen molar-refractivity contribution in [3.05, 3.63) is 35.9 Å². The number of aliphatic hydroxyl groups is 1. The number of hydrogen-bond acceptors (Lipinski definition) is 3. The van der Waals surface area contributed by atoms with Gasteiger partial charge in [0.15, 0.2) is 0 Å². The van der Waals surface area contributed by atoms with Crippen LogP contribution in [0.1, 0.15) is 57.6 Å². The van der Waals surface area contributed by atoms with E-state index in [0.717, 1.165) is 24.8 Å². The molecule has 0 fully saturated rings. The summed E-state index contributed by atoms with van der Waals surface area (Å²) < 4.78 is 5.29. The quantitative estimate of drug-likeness (QED) is 0.551. The highest BCUT2D eigenvalue weighted by Gasteiger charge is 2.27. The first-order valence-electron chi connectivity index (χ1n) is 7.60. The average molecular weight is 278 g/mol. The van der Waals surface area contributed by atoms with Crippen LogP contribution in [0.5, 0.6) is 0 Å². The number of benzene rings is 1. The highest BCUT2D eigenvalue weighted by atomic mass is 16.5. The number of ether oxygens (including phenoxy) is 1. The van der Waals surface area contributed by atoms with Crippen LogP contribution < -0.4 is 0 Å². The smallest absolute Gasteiger partial charge is 0.311 e. The maximum atomic E-state index is 12.0. The molecule has 1 aromatic rings. The summed E-state index contributed by atoms with van der Waals surface area (Å²) in [4.78, 5) is 12.0. The van der Waals surface area contributed by atoms with Gasteiger partial charge in [-0.15, -0.1) is 0 Å².